The number of alkyl halides is 6. The van der Waals surface area contributed by atoms with Crippen molar-refractivity contribution in [1.29, 1.82) is 5.26 Å². The van der Waals surface area contributed by atoms with Crippen LogP contribution in [0.1, 0.15) is 30.5 Å². The third kappa shape index (κ3) is 7.06. The number of ether oxygens (including phenoxy) is 1. The molecular formula is C22H21F6N7O3. The zero-order chi connectivity index (χ0) is 28.1. The minimum atomic E-state index is -5.08. The smallest absolute Gasteiger partial charge is 0.477 e. The first-order valence-electron chi connectivity index (χ1n) is 11.1. The lowest BCUT2D eigenvalue weighted by Gasteiger charge is -2.22. The minimum absolute atomic E-state index is 0.0172. The Morgan fingerprint density at radius 2 is 1.89 bits per heavy atom. The highest BCUT2D eigenvalue weighted by Crippen LogP contribution is 2.37. The summed E-state index contributed by atoms with van der Waals surface area (Å²) in [5, 5.41) is 27.4. The van der Waals surface area contributed by atoms with Gasteiger partial charge in [-0.15, -0.1) is 5.10 Å². The summed E-state index contributed by atoms with van der Waals surface area (Å²) in [5.74, 6) is -2.77. The summed E-state index contributed by atoms with van der Waals surface area (Å²) in [6.07, 6.45) is -5.81. The van der Waals surface area contributed by atoms with Gasteiger partial charge in [0.2, 0.25) is 5.88 Å². The second-order valence-corrected chi connectivity index (χ2v) is 8.26. The molecule has 0 spiro atoms. The van der Waals surface area contributed by atoms with E-state index in [1.54, 1.807) is 7.05 Å². The quantitative estimate of drug-likeness (QED) is 0.459. The number of halogens is 6. The highest BCUT2D eigenvalue weighted by molar-refractivity contribution is 5.83. The number of carboxylic acids is 1. The summed E-state index contributed by atoms with van der Waals surface area (Å²) in [4.78, 5) is 17.0. The third-order valence-electron chi connectivity index (χ3n) is 5.62. The van der Waals surface area contributed by atoms with Gasteiger partial charge in [0.15, 0.2) is 5.69 Å². The topological polar surface area (TPSA) is 139 Å². The van der Waals surface area contributed by atoms with Crippen LogP contribution < -0.4 is 10.1 Å². The zero-order valence-electron chi connectivity index (χ0n) is 19.8. The number of piperidine rings is 1. The van der Waals surface area contributed by atoms with Gasteiger partial charge in [-0.25, -0.2) is 19.4 Å². The molecule has 3 aromatic rings. The van der Waals surface area contributed by atoms with E-state index in [0.29, 0.717) is 17.9 Å². The fourth-order valence-corrected chi connectivity index (χ4v) is 3.66. The number of aliphatic carboxylic acids is 1. The number of hydrogen-bond donors (Lipinski definition) is 2. The van der Waals surface area contributed by atoms with Gasteiger partial charge >= 0.3 is 18.3 Å². The maximum absolute atomic E-state index is 13.7. The number of pyridine rings is 2. The van der Waals surface area contributed by atoms with Crippen LogP contribution in [0.3, 0.4) is 0 Å². The molecule has 38 heavy (non-hydrogen) atoms. The summed E-state index contributed by atoms with van der Waals surface area (Å²) < 4.78 is 79.7. The zero-order valence-corrected chi connectivity index (χ0v) is 19.8. The second kappa shape index (κ2) is 11.6. The highest BCUT2D eigenvalue weighted by Gasteiger charge is 2.38. The first-order chi connectivity index (χ1) is 17.8. The van der Waals surface area contributed by atoms with Crippen molar-refractivity contribution in [3.63, 3.8) is 0 Å². The molecule has 0 amide bonds. The molecule has 2 N–H and O–H groups in total. The van der Waals surface area contributed by atoms with Crippen molar-refractivity contribution in [1.82, 2.24) is 30.3 Å². The van der Waals surface area contributed by atoms with Gasteiger partial charge in [-0.1, -0.05) is 5.21 Å². The summed E-state index contributed by atoms with van der Waals surface area (Å²) in [5.41, 5.74) is 0.0784. The first kappa shape index (κ1) is 28.6. The molecule has 0 saturated carbocycles. The number of nitrogens with one attached hydrogen (secondary N) is 1. The van der Waals surface area contributed by atoms with Crippen LogP contribution in [0.15, 0.2) is 18.3 Å². The molecule has 0 bridgehead atoms. The molecule has 0 aliphatic carbocycles. The number of nitrogens with zero attached hydrogens (tertiary/aromatic N) is 6. The lowest BCUT2D eigenvalue weighted by atomic mass is 9.95. The average Bonchev–Trinajstić information content (AvgIpc) is 3.24. The van der Waals surface area contributed by atoms with E-state index in [0.717, 1.165) is 32.0 Å². The molecule has 1 aliphatic rings. The van der Waals surface area contributed by atoms with E-state index in [1.165, 1.54) is 16.9 Å². The molecule has 4 rings (SSSR count). The molecule has 10 nitrogen and oxygen atoms in total. The van der Waals surface area contributed by atoms with Gasteiger partial charge < -0.3 is 15.2 Å². The Hall–Kier alpha value is -4.00. The summed E-state index contributed by atoms with van der Waals surface area (Å²) in [6, 6.07) is 4.39. The van der Waals surface area contributed by atoms with Crippen LogP contribution in [-0.4, -0.2) is 61.9 Å². The molecule has 1 saturated heterocycles. The Balaban J connectivity index is 0.000000505. The van der Waals surface area contributed by atoms with Gasteiger partial charge in [-0.05, 0) is 50.4 Å². The molecule has 0 atom stereocenters. The predicted molar refractivity (Wildman–Crippen MR) is 119 cm³/mol. The second-order valence-electron chi connectivity index (χ2n) is 8.26. The van der Waals surface area contributed by atoms with Crippen LogP contribution in [0.2, 0.25) is 0 Å². The number of fused-ring (bicyclic) bond motifs is 1. The van der Waals surface area contributed by atoms with Crippen LogP contribution >= 0.6 is 0 Å². The van der Waals surface area contributed by atoms with E-state index >= 15 is 0 Å². The van der Waals surface area contributed by atoms with Gasteiger partial charge in [0.05, 0.1) is 17.8 Å². The Morgan fingerprint density at radius 1 is 1.24 bits per heavy atom. The first-order valence-corrected chi connectivity index (χ1v) is 11.1. The van der Waals surface area contributed by atoms with Crippen molar-refractivity contribution in [2.24, 2.45) is 13.0 Å². The largest absolute Gasteiger partial charge is 0.490 e. The fraction of sp³-hybridized carbons (Fsp3) is 0.455. The van der Waals surface area contributed by atoms with Gasteiger partial charge in [0.1, 0.15) is 17.1 Å². The lowest BCUT2D eigenvalue weighted by molar-refractivity contribution is -0.192. The number of aryl methyl sites for hydroxylation is 1. The molecule has 1 aliphatic heterocycles. The standard InChI is InChI=1S/C20H20F3N7O.C2HF3O2/c1-30-17-9-15(27-16(10-24)18(17)28-29-30)13-8-14(20(21,22)23)19(26-11-13)31-7-4-12-2-5-25-6-3-12;3-2(4,5)1(6)7/h8-9,11-12,25H,2-7H2,1H3;(H,6,7). The normalized spacial score (nSPS) is 14.5. The Morgan fingerprint density at radius 3 is 2.47 bits per heavy atom. The molecule has 3 aromatic heterocycles. The molecule has 0 radical (unpaired) electrons. The number of hydrogen-bond acceptors (Lipinski definition) is 8. The number of carbonyl (C=O) groups is 1. The van der Waals surface area contributed by atoms with Crippen LogP contribution in [-0.2, 0) is 18.0 Å². The maximum Gasteiger partial charge on any atom is 0.490 e. The summed E-state index contributed by atoms with van der Waals surface area (Å²) in [6.45, 7) is 2.00. The van der Waals surface area contributed by atoms with E-state index in [-0.39, 0.29) is 29.1 Å². The molecule has 204 valence electrons. The predicted octanol–water partition coefficient (Wildman–Crippen LogP) is 3.72. The van der Waals surface area contributed by atoms with Crippen LogP contribution in [0.5, 0.6) is 5.88 Å². The molecule has 16 heteroatoms. The number of rotatable bonds is 5. The molecule has 4 heterocycles. The Kier molecular flexibility index (Phi) is 8.71. The highest BCUT2D eigenvalue weighted by atomic mass is 19.4. The molecular weight excluding hydrogens is 524 g/mol. The molecule has 1 fully saturated rings. The van der Waals surface area contributed by atoms with Crippen molar-refractivity contribution >= 4 is 17.0 Å². The Labute approximate surface area is 211 Å². The van der Waals surface area contributed by atoms with E-state index in [2.05, 4.69) is 25.6 Å². The van der Waals surface area contributed by atoms with Crippen molar-refractivity contribution in [3.8, 4) is 23.2 Å². The van der Waals surface area contributed by atoms with E-state index in [1.807, 2.05) is 6.07 Å². The van der Waals surface area contributed by atoms with Crippen molar-refractivity contribution in [2.45, 2.75) is 31.6 Å². The third-order valence-corrected chi connectivity index (χ3v) is 5.62. The van der Waals surface area contributed by atoms with Crippen LogP contribution in [0, 0.1) is 17.2 Å². The van der Waals surface area contributed by atoms with Gasteiger partial charge in [-0.3, -0.25) is 0 Å². The molecule has 0 unspecified atom stereocenters. The van der Waals surface area contributed by atoms with Crippen molar-refractivity contribution < 1.29 is 41.0 Å². The SMILES string of the molecule is Cn1nnc2c(C#N)nc(-c3cnc(OCCC4CCNCC4)c(C(F)(F)F)c3)cc21.O=C(O)C(F)(F)F. The van der Waals surface area contributed by atoms with E-state index in [9.17, 15) is 31.6 Å². The van der Waals surface area contributed by atoms with Crippen molar-refractivity contribution in [3.05, 3.63) is 29.6 Å². The van der Waals surface area contributed by atoms with Gasteiger partial charge in [0, 0.05) is 18.8 Å². The van der Waals surface area contributed by atoms with Gasteiger partial charge in [-0.2, -0.15) is 31.6 Å². The number of carboxylic acid groups (broad SMARTS) is 1. The lowest BCUT2D eigenvalue weighted by Crippen LogP contribution is -2.28. The monoisotopic (exact) mass is 545 g/mol. The summed E-state index contributed by atoms with van der Waals surface area (Å²) in [7, 11) is 1.62. The van der Waals surface area contributed by atoms with E-state index in [4.69, 9.17) is 14.6 Å². The molecule has 0 aromatic carbocycles. The maximum atomic E-state index is 13.7. The fourth-order valence-electron chi connectivity index (χ4n) is 3.66. The number of aromatic nitrogens is 5. The Bertz CT molecular complexity index is 1330. The number of nitriles is 1. The van der Waals surface area contributed by atoms with E-state index < -0.39 is 29.8 Å². The average molecular weight is 545 g/mol. The van der Waals surface area contributed by atoms with Gasteiger partial charge in [0.25, 0.3) is 0 Å². The summed E-state index contributed by atoms with van der Waals surface area (Å²) >= 11 is 0. The van der Waals surface area contributed by atoms with Crippen molar-refractivity contribution in [2.75, 3.05) is 19.7 Å². The van der Waals surface area contributed by atoms with Crippen LogP contribution in [0.25, 0.3) is 22.3 Å². The minimum Gasteiger partial charge on any atom is -0.477 e. The van der Waals surface area contributed by atoms with Crippen LogP contribution in [0.4, 0.5) is 26.3 Å².